The van der Waals surface area contributed by atoms with Gasteiger partial charge in [-0.15, -0.1) is 0 Å². The molecule has 0 amide bonds. The summed E-state index contributed by atoms with van der Waals surface area (Å²) in [5, 5.41) is 0. The zero-order chi connectivity index (χ0) is 14.8. The Morgan fingerprint density at radius 2 is 1.65 bits per heavy atom. The third-order valence-corrected chi connectivity index (χ3v) is 3.19. The predicted molar refractivity (Wildman–Crippen MR) is 72.2 cm³/mol. The minimum absolute atomic E-state index is 0.0644. The Kier molecular flexibility index (Phi) is 4.23. The maximum atomic E-state index is 13.0. The van der Waals surface area contributed by atoms with Gasteiger partial charge in [0.05, 0.1) is 7.11 Å². The highest BCUT2D eigenvalue weighted by atomic mass is 79.9. The van der Waals surface area contributed by atoms with Crippen LogP contribution in [0.1, 0.15) is 5.56 Å². The van der Waals surface area contributed by atoms with Crippen LogP contribution in [0.5, 0.6) is 17.2 Å². The standard InChI is InChI=1S/C14H10BrF3O2/c1-19-9-4-2-5-10(8-9)20-12-7-3-6-11(15)13(12)14(16,17)18/h2-8H,1H3. The van der Waals surface area contributed by atoms with Gasteiger partial charge in [0, 0.05) is 10.5 Å². The average molecular weight is 347 g/mol. The van der Waals surface area contributed by atoms with E-state index in [-0.39, 0.29) is 16.0 Å². The molecule has 6 heteroatoms. The van der Waals surface area contributed by atoms with Crippen LogP contribution in [0.15, 0.2) is 46.9 Å². The van der Waals surface area contributed by atoms with Crippen LogP contribution in [0.3, 0.4) is 0 Å². The molecule has 0 aliphatic carbocycles. The van der Waals surface area contributed by atoms with Crippen LogP contribution < -0.4 is 9.47 Å². The molecule has 20 heavy (non-hydrogen) atoms. The fraction of sp³-hybridized carbons (Fsp3) is 0.143. The summed E-state index contributed by atoms with van der Waals surface area (Å²) >= 11 is 2.90. The van der Waals surface area contributed by atoms with E-state index >= 15 is 0 Å². The number of methoxy groups -OCH3 is 1. The highest BCUT2D eigenvalue weighted by Gasteiger charge is 2.36. The van der Waals surface area contributed by atoms with Gasteiger partial charge in [-0.25, -0.2) is 0 Å². The lowest BCUT2D eigenvalue weighted by atomic mass is 10.2. The zero-order valence-corrected chi connectivity index (χ0v) is 12.0. The molecular weight excluding hydrogens is 337 g/mol. The summed E-state index contributed by atoms with van der Waals surface area (Å²) in [6, 6.07) is 10.5. The molecule has 0 radical (unpaired) electrons. The monoisotopic (exact) mass is 346 g/mol. The number of rotatable bonds is 3. The molecule has 0 bridgehead atoms. The molecular formula is C14H10BrF3O2. The van der Waals surface area contributed by atoms with E-state index < -0.39 is 11.7 Å². The molecule has 0 saturated carbocycles. The van der Waals surface area contributed by atoms with Gasteiger partial charge in [-0.2, -0.15) is 13.2 Å². The Labute approximate surface area is 122 Å². The zero-order valence-electron chi connectivity index (χ0n) is 10.4. The summed E-state index contributed by atoms with van der Waals surface area (Å²) in [6.07, 6.45) is -4.51. The molecule has 2 rings (SSSR count). The van der Waals surface area contributed by atoms with Gasteiger partial charge >= 0.3 is 6.18 Å². The van der Waals surface area contributed by atoms with Crippen LogP contribution in [-0.4, -0.2) is 7.11 Å². The van der Waals surface area contributed by atoms with Gasteiger partial charge in [0.25, 0.3) is 0 Å². The van der Waals surface area contributed by atoms with E-state index in [0.29, 0.717) is 5.75 Å². The molecule has 0 unspecified atom stereocenters. The highest BCUT2D eigenvalue weighted by molar-refractivity contribution is 9.10. The first-order chi connectivity index (χ1) is 9.41. The fourth-order valence-electron chi connectivity index (χ4n) is 1.66. The van der Waals surface area contributed by atoms with Crippen molar-refractivity contribution in [2.75, 3.05) is 7.11 Å². The summed E-state index contributed by atoms with van der Waals surface area (Å²) < 4.78 is 49.3. The molecule has 0 atom stereocenters. The number of hydrogen-bond acceptors (Lipinski definition) is 2. The second kappa shape index (κ2) is 5.75. The van der Waals surface area contributed by atoms with Crippen molar-refractivity contribution in [2.24, 2.45) is 0 Å². The van der Waals surface area contributed by atoms with Gasteiger partial charge in [-0.1, -0.05) is 28.1 Å². The van der Waals surface area contributed by atoms with E-state index in [1.807, 2.05) is 0 Å². The van der Waals surface area contributed by atoms with Crippen molar-refractivity contribution in [1.29, 1.82) is 0 Å². The average Bonchev–Trinajstić information content (AvgIpc) is 2.37. The molecule has 0 aliphatic rings. The van der Waals surface area contributed by atoms with Gasteiger partial charge in [0.15, 0.2) is 0 Å². The molecule has 0 N–H and O–H groups in total. The first kappa shape index (κ1) is 14.7. The number of alkyl halides is 3. The van der Waals surface area contributed by atoms with E-state index in [4.69, 9.17) is 9.47 Å². The lowest BCUT2D eigenvalue weighted by Crippen LogP contribution is -2.08. The number of halogens is 4. The van der Waals surface area contributed by atoms with Crippen molar-refractivity contribution >= 4 is 15.9 Å². The normalized spacial score (nSPS) is 11.2. The van der Waals surface area contributed by atoms with Crippen molar-refractivity contribution in [3.63, 3.8) is 0 Å². The lowest BCUT2D eigenvalue weighted by molar-refractivity contribution is -0.139. The first-order valence-corrected chi connectivity index (χ1v) is 6.38. The fourth-order valence-corrected chi connectivity index (χ4v) is 2.23. The SMILES string of the molecule is COc1cccc(Oc2cccc(Br)c2C(F)(F)F)c1. The second-order valence-corrected chi connectivity index (χ2v) is 4.75. The van der Waals surface area contributed by atoms with E-state index in [1.165, 1.54) is 31.4 Å². The molecule has 106 valence electrons. The summed E-state index contributed by atoms with van der Waals surface area (Å²) in [7, 11) is 1.47. The van der Waals surface area contributed by atoms with E-state index in [9.17, 15) is 13.2 Å². The van der Waals surface area contributed by atoms with Crippen molar-refractivity contribution in [3.05, 3.63) is 52.5 Å². The summed E-state index contributed by atoms with van der Waals surface area (Å²) in [5.74, 6) is 0.513. The summed E-state index contributed by atoms with van der Waals surface area (Å²) in [4.78, 5) is 0. The largest absolute Gasteiger partial charge is 0.497 e. The smallest absolute Gasteiger partial charge is 0.421 e. The topological polar surface area (TPSA) is 18.5 Å². The number of benzene rings is 2. The molecule has 2 nitrogen and oxygen atoms in total. The Bertz CT molecular complexity index is 612. The minimum Gasteiger partial charge on any atom is -0.497 e. The van der Waals surface area contributed by atoms with Crippen LogP contribution in [-0.2, 0) is 6.18 Å². The lowest BCUT2D eigenvalue weighted by Gasteiger charge is -2.15. The Balaban J connectivity index is 2.41. The van der Waals surface area contributed by atoms with Gasteiger partial charge < -0.3 is 9.47 Å². The molecule has 2 aromatic carbocycles. The number of ether oxygens (including phenoxy) is 2. The van der Waals surface area contributed by atoms with Crippen LogP contribution in [0, 0.1) is 0 Å². The highest BCUT2D eigenvalue weighted by Crippen LogP contribution is 2.42. The van der Waals surface area contributed by atoms with Gasteiger partial charge in [-0.3, -0.25) is 0 Å². The molecule has 0 spiro atoms. The molecule has 0 fully saturated rings. The molecule has 0 aromatic heterocycles. The van der Waals surface area contributed by atoms with Crippen LogP contribution in [0.4, 0.5) is 13.2 Å². The van der Waals surface area contributed by atoms with Gasteiger partial charge in [0.2, 0.25) is 0 Å². The molecule has 0 saturated heterocycles. The maximum Gasteiger partial charge on any atom is 0.421 e. The second-order valence-electron chi connectivity index (χ2n) is 3.89. The van der Waals surface area contributed by atoms with Crippen molar-refractivity contribution in [3.8, 4) is 17.2 Å². The van der Waals surface area contributed by atoms with Crippen molar-refractivity contribution in [1.82, 2.24) is 0 Å². The van der Waals surface area contributed by atoms with Crippen molar-refractivity contribution < 1.29 is 22.6 Å². The van der Waals surface area contributed by atoms with Crippen LogP contribution >= 0.6 is 15.9 Å². The summed E-state index contributed by atoms with van der Waals surface area (Å²) in [6.45, 7) is 0. The van der Waals surface area contributed by atoms with E-state index in [0.717, 1.165) is 0 Å². The molecule has 2 aromatic rings. The van der Waals surface area contributed by atoms with E-state index in [1.54, 1.807) is 18.2 Å². The third kappa shape index (κ3) is 3.25. The van der Waals surface area contributed by atoms with E-state index in [2.05, 4.69) is 15.9 Å². The predicted octanol–water partition coefficient (Wildman–Crippen LogP) is 5.27. The minimum atomic E-state index is -4.51. The first-order valence-electron chi connectivity index (χ1n) is 5.59. The Hall–Kier alpha value is -1.69. The van der Waals surface area contributed by atoms with Crippen molar-refractivity contribution in [2.45, 2.75) is 6.18 Å². The molecule has 0 heterocycles. The van der Waals surface area contributed by atoms with Crippen LogP contribution in [0.25, 0.3) is 0 Å². The Morgan fingerprint density at radius 3 is 2.30 bits per heavy atom. The van der Waals surface area contributed by atoms with Gasteiger partial charge in [0.1, 0.15) is 22.8 Å². The summed E-state index contributed by atoms with van der Waals surface area (Å²) in [5.41, 5.74) is -0.845. The van der Waals surface area contributed by atoms with Gasteiger partial charge in [-0.05, 0) is 24.3 Å². The maximum absolute atomic E-state index is 13.0. The molecule has 0 aliphatic heterocycles. The Morgan fingerprint density at radius 1 is 1.00 bits per heavy atom. The third-order valence-electron chi connectivity index (χ3n) is 2.53. The number of hydrogen-bond donors (Lipinski definition) is 0. The van der Waals surface area contributed by atoms with Crippen LogP contribution in [0.2, 0.25) is 0 Å². The quantitative estimate of drug-likeness (QED) is 0.753.